The first-order chi connectivity index (χ1) is 12.1. The minimum Gasteiger partial charge on any atom is -0.469 e. The summed E-state index contributed by atoms with van der Waals surface area (Å²) in [4.78, 5) is 20.5. The molecule has 1 saturated heterocycles. The fourth-order valence-electron chi connectivity index (χ4n) is 3.88. The second-order valence-corrected chi connectivity index (χ2v) is 7.39. The predicted molar refractivity (Wildman–Crippen MR) is 114 cm³/mol. The van der Waals surface area contributed by atoms with E-state index in [9.17, 15) is 4.79 Å². The molecule has 146 valence electrons. The van der Waals surface area contributed by atoms with E-state index in [-0.39, 0.29) is 36.4 Å². The lowest BCUT2D eigenvalue weighted by atomic mass is 9.82. The summed E-state index contributed by atoms with van der Waals surface area (Å²) in [5.74, 6) is 3.44. The molecule has 26 heavy (non-hydrogen) atoms. The van der Waals surface area contributed by atoms with Crippen LogP contribution in [0.25, 0.3) is 0 Å². The quantitative estimate of drug-likeness (QED) is 0.405. The van der Waals surface area contributed by atoms with Gasteiger partial charge < -0.3 is 19.5 Å². The summed E-state index contributed by atoms with van der Waals surface area (Å²) < 4.78 is 5.39. The van der Waals surface area contributed by atoms with E-state index in [1.54, 1.807) is 25.3 Å². The van der Waals surface area contributed by atoms with Crippen molar-refractivity contribution < 1.29 is 9.21 Å². The van der Waals surface area contributed by atoms with Crippen LogP contribution in [0.5, 0.6) is 0 Å². The number of furan rings is 1. The van der Waals surface area contributed by atoms with Gasteiger partial charge in [0.05, 0.1) is 6.26 Å². The van der Waals surface area contributed by atoms with Crippen molar-refractivity contribution in [2.24, 2.45) is 16.8 Å². The van der Waals surface area contributed by atoms with Crippen LogP contribution in [0.3, 0.4) is 0 Å². The molecule has 1 aliphatic carbocycles. The van der Waals surface area contributed by atoms with Crippen molar-refractivity contribution in [1.82, 2.24) is 15.1 Å². The molecule has 2 heterocycles. The smallest absolute Gasteiger partial charge is 0.243 e. The summed E-state index contributed by atoms with van der Waals surface area (Å²) in [6.45, 7) is 3.08. The third kappa shape index (κ3) is 5.62. The summed E-state index contributed by atoms with van der Waals surface area (Å²) in [7, 11) is 3.54. The van der Waals surface area contributed by atoms with E-state index < -0.39 is 0 Å². The van der Waals surface area contributed by atoms with Crippen LogP contribution >= 0.6 is 24.0 Å². The number of likely N-dealkylation sites (N-methyl/N-ethyl adjacent to an activating group) is 1. The highest BCUT2D eigenvalue weighted by molar-refractivity contribution is 14.0. The monoisotopic (exact) mass is 474 g/mol. The van der Waals surface area contributed by atoms with E-state index in [2.05, 4.69) is 15.2 Å². The number of aliphatic imine (C=N–C) groups is 1. The van der Waals surface area contributed by atoms with Crippen molar-refractivity contribution in [3.05, 3.63) is 24.2 Å². The van der Waals surface area contributed by atoms with Crippen LogP contribution < -0.4 is 5.32 Å². The first-order valence-electron chi connectivity index (χ1n) is 9.39. The molecule has 2 atom stereocenters. The molecular weight excluding hydrogens is 443 g/mol. The number of nitrogens with one attached hydrogen (secondary N) is 1. The maximum Gasteiger partial charge on any atom is 0.243 e. The van der Waals surface area contributed by atoms with Gasteiger partial charge in [-0.1, -0.05) is 12.8 Å². The second kappa shape index (κ2) is 10.2. The number of hydrogen-bond acceptors (Lipinski definition) is 3. The topological polar surface area (TPSA) is 61.1 Å². The number of nitrogens with zero attached hydrogens (tertiary/aromatic N) is 3. The third-order valence-electron chi connectivity index (χ3n) is 5.37. The van der Waals surface area contributed by atoms with Gasteiger partial charge in [-0.05, 0) is 36.8 Å². The van der Waals surface area contributed by atoms with Gasteiger partial charge in [0.15, 0.2) is 5.96 Å². The Morgan fingerprint density at radius 2 is 2.00 bits per heavy atom. The predicted octanol–water partition coefficient (Wildman–Crippen LogP) is 2.60. The Labute approximate surface area is 173 Å². The normalized spacial score (nSPS) is 22.5. The molecule has 1 aliphatic heterocycles. The lowest BCUT2D eigenvalue weighted by molar-refractivity contribution is -0.127. The number of rotatable bonds is 5. The zero-order valence-electron chi connectivity index (χ0n) is 15.8. The molecule has 1 saturated carbocycles. The van der Waals surface area contributed by atoms with E-state index in [1.807, 2.05) is 12.1 Å². The summed E-state index contributed by atoms with van der Waals surface area (Å²) in [6, 6.07) is 3.89. The van der Waals surface area contributed by atoms with Crippen molar-refractivity contribution in [2.45, 2.75) is 32.1 Å². The molecule has 0 spiro atoms. The number of carbonyl (C=O) groups excluding carboxylic acids is 1. The van der Waals surface area contributed by atoms with E-state index in [4.69, 9.17) is 4.42 Å². The Morgan fingerprint density at radius 3 is 2.58 bits per heavy atom. The fraction of sp³-hybridized carbons (Fsp3) is 0.684. The van der Waals surface area contributed by atoms with Crippen molar-refractivity contribution in [1.29, 1.82) is 0 Å². The van der Waals surface area contributed by atoms with Crippen molar-refractivity contribution >= 4 is 35.8 Å². The average molecular weight is 474 g/mol. The number of halogens is 1. The molecule has 2 aliphatic rings. The lowest BCUT2D eigenvalue weighted by Crippen LogP contribution is -2.42. The number of carbonyl (C=O) groups is 1. The molecule has 6 nitrogen and oxygen atoms in total. The SMILES string of the molecule is CN(C)C(=O)CN=C(NCCc1ccco1)N1CC2CCCCC2C1.I. The van der Waals surface area contributed by atoms with E-state index in [0.29, 0.717) is 0 Å². The molecular formula is C19H31IN4O2. The molecule has 2 unspecified atom stereocenters. The number of likely N-dealkylation sites (tertiary alicyclic amines) is 1. The molecule has 1 aromatic rings. The third-order valence-corrected chi connectivity index (χ3v) is 5.37. The van der Waals surface area contributed by atoms with Crippen molar-refractivity contribution in [2.75, 3.05) is 40.3 Å². The minimum absolute atomic E-state index is 0. The average Bonchev–Trinajstić information content (AvgIpc) is 3.26. The van der Waals surface area contributed by atoms with Gasteiger partial charge in [0, 0.05) is 40.2 Å². The molecule has 3 rings (SSSR count). The lowest BCUT2D eigenvalue weighted by Gasteiger charge is -2.22. The first-order valence-corrected chi connectivity index (χ1v) is 9.39. The largest absolute Gasteiger partial charge is 0.469 e. The number of amides is 1. The van der Waals surface area contributed by atoms with Crippen LogP contribution in [-0.2, 0) is 11.2 Å². The number of guanidine groups is 1. The first kappa shape index (κ1) is 21.1. The highest BCUT2D eigenvalue weighted by atomic mass is 127. The van der Waals surface area contributed by atoms with Crippen LogP contribution in [0.1, 0.15) is 31.4 Å². The van der Waals surface area contributed by atoms with Gasteiger partial charge in [-0.25, -0.2) is 4.99 Å². The van der Waals surface area contributed by atoms with Gasteiger partial charge >= 0.3 is 0 Å². The second-order valence-electron chi connectivity index (χ2n) is 7.39. The van der Waals surface area contributed by atoms with E-state index >= 15 is 0 Å². The zero-order chi connectivity index (χ0) is 17.6. The maximum atomic E-state index is 11.9. The minimum atomic E-state index is 0. The van der Waals surface area contributed by atoms with E-state index in [1.165, 1.54) is 25.7 Å². The van der Waals surface area contributed by atoms with E-state index in [0.717, 1.165) is 49.6 Å². The maximum absolute atomic E-state index is 11.9. The fourth-order valence-corrected chi connectivity index (χ4v) is 3.88. The molecule has 7 heteroatoms. The Hall–Kier alpha value is -1.25. The summed E-state index contributed by atoms with van der Waals surface area (Å²) >= 11 is 0. The Bertz CT molecular complexity index is 574. The summed E-state index contributed by atoms with van der Waals surface area (Å²) in [6.07, 6.45) is 7.88. The molecule has 0 aromatic carbocycles. The number of fused-ring (bicyclic) bond motifs is 1. The highest BCUT2D eigenvalue weighted by Gasteiger charge is 2.35. The van der Waals surface area contributed by atoms with Gasteiger partial charge in [0.25, 0.3) is 0 Å². The Morgan fingerprint density at radius 1 is 1.31 bits per heavy atom. The van der Waals surface area contributed by atoms with Crippen LogP contribution in [0.2, 0.25) is 0 Å². The zero-order valence-corrected chi connectivity index (χ0v) is 18.1. The van der Waals surface area contributed by atoms with Crippen molar-refractivity contribution in [3.8, 4) is 0 Å². The Balaban J connectivity index is 0.00000243. The van der Waals surface area contributed by atoms with Crippen LogP contribution in [0.15, 0.2) is 27.8 Å². The van der Waals surface area contributed by atoms with Gasteiger partial charge in [-0.2, -0.15) is 0 Å². The van der Waals surface area contributed by atoms with Gasteiger partial charge in [-0.3, -0.25) is 4.79 Å². The van der Waals surface area contributed by atoms with Crippen LogP contribution in [0, 0.1) is 11.8 Å². The molecule has 1 aromatic heterocycles. The van der Waals surface area contributed by atoms with Crippen LogP contribution in [0.4, 0.5) is 0 Å². The summed E-state index contributed by atoms with van der Waals surface area (Å²) in [5.41, 5.74) is 0. The van der Waals surface area contributed by atoms with Gasteiger partial charge in [0.2, 0.25) is 5.91 Å². The Kier molecular flexibility index (Phi) is 8.24. The number of hydrogen-bond donors (Lipinski definition) is 1. The van der Waals surface area contributed by atoms with Crippen molar-refractivity contribution in [3.63, 3.8) is 0 Å². The van der Waals surface area contributed by atoms with Gasteiger partial charge in [0.1, 0.15) is 12.3 Å². The van der Waals surface area contributed by atoms with Gasteiger partial charge in [-0.15, -0.1) is 24.0 Å². The van der Waals surface area contributed by atoms with Crippen LogP contribution in [-0.4, -0.2) is 61.9 Å². The highest BCUT2D eigenvalue weighted by Crippen LogP contribution is 2.35. The molecule has 0 radical (unpaired) electrons. The molecule has 1 N–H and O–H groups in total. The standard InChI is InChI=1S/C19H30N4O2.HI/c1-22(2)18(24)12-21-19(20-10-9-17-8-5-11-25-17)23-13-15-6-3-4-7-16(15)14-23;/h5,8,11,15-16H,3-4,6-7,9-10,12-14H2,1-2H3,(H,20,21);1H. The molecule has 0 bridgehead atoms. The summed E-state index contributed by atoms with van der Waals surface area (Å²) in [5, 5.41) is 3.45. The molecule has 1 amide bonds. The molecule has 2 fully saturated rings.